The lowest BCUT2D eigenvalue weighted by molar-refractivity contribution is -0.134. The smallest absolute Gasteiger partial charge is 0.300 e. The van der Waals surface area contributed by atoms with Gasteiger partial charge in [-0.05, 0) is 11.6 Å². The van der Waals surface area contributed by atoms with Gasteiger partial charge < -0.3 is 5.11 Å². The third-order valence-corrected chi connectivity index (χ3v) is 0. The Morgan fingerprint density at radius 3 is 1.23 bits per heavy atom. The summed E-state index contributed by atoms with van der Waals surface area (Å²) in [4.78, 5) is 18.2. The van der Waals surface area contributed by atoms with Crippen molar-refractivity contribution in [3.8, 4) is 0 Å². The largest absolute Gasteiger partial charge is 0.481 e. The molecule has 0 saturated heterocycles. The molecule has 0 aliphatic heterocycles. The van der Waals surface area contributed by atoms with Gasteiger partial charge in [-0.1, -0.05) is 0 Å². The van der Waals surface area contributed by atoms with E-state index in [1.807, 2.05) is 0 Å². The second-order valence-corrected chi connectivity index (χ2v) is 5.25. The summed E-state index contributed by atoms with van der Waals surface area (Å²) in [6, 6.07) is 0. The molecular weight excluding hydrogens is 243 g/mol. The van der Waals surface area contributed by atoms with Gasteiger partial charge in [-0.2, -0.15) is 0 Å². The quantitative estimate of drug-likeness (QED) is 0.651. The van der Waals surface area contributed by atoms with Gasteiger partial charge in [0, 0.05) is 24.5 Å². The zero-order valence-corrected chi connectivity index (χ0v) is 9.57. The summed E-state index contributed by atoms with van der Waals surface area (Å²) >= 11 is 4.64. The molecule has 80 valence electrons. The standard InChI is InChI=1S/C2H3ClO.C2H4O2.CH3ClO2S/c2*1-2(3)4;1-5(2,3)4/h1H3;1H3,(H,3,4);1H3. The molecule has 0 atom stereocenters. The van der Waals surface area contributed by atoms with E-state index in [2.05, 4.69) is 22.3 Å². The zero-order chi connectivity index (χ0) is 11.7. The molecule has 1 N–H and O–H groups in total. The molecule has 0 bridgehead atoms. The molecule has 0 unspecified atom stereocenters. The number of rotatable bonds is 0. The van der Waals surface area contributed by atoms with Crippen LogP contribution < -0.4 is 0 Å². The number of carbonyl (C=O) groups is 2. The minimum absolute atomic E-state index is 0.361. The summed E-state index contributed by atoms with van der Waals surface area (Å²) in [7, 11) is 1.31. The topological polar surface area (TPSA) is 88.5 Å². The van der Waals surface area contributed by atoms with Gasteiger partial charge in [0.2, 0.25) is 14.3 Å². The first-order chi connectivity index (χ1) is 5.46. The highest BCUT2D eigenvalue weighted by molar-refractivity contribution is 8.13. The average molecular weight is 253 g/mol. The molecule has 0 saturated carbocycles. The molecule has 0 spiro atoms. The van der Waals surface area contributed by atoms with Gasteiger partial charge in [0.25, 0.3) is 5.97 Å². The molecule has 0 aromatic heterocycles. The van der Waals surface area contributed by atoms with Crippen LogP contribution >= 0.6 is 22.3 Å². The highest BCUT2D eigenvalue weighted by Gasteiger charge is 1.83. The minimum Gasteiger partial charge on any atom is -0.481 e. The molecule has 0 rings (SSSR count). The van der Waals surface area contributed by atoms with Gasteiger partial charge in [-0.15, -0.1) is 0 Å². The summed E-state index contributed by atoms with van der Waals surface area (Å²) in [5.74, 6) is -0.833. The molecule has 0 aliphatic rings. The third-order valence-electron chi connectivity index (χ3n) is 0. The Kier molecular flexibility index (Phi) is 13.8. The van der Waals surface area contributed by atoms with E-state index in [1.165, 1.54) is 6.92 Å². The van der Waals surface area contributed by atoms with E-state index in [9.17, 15) is 13.2 Å². The molecule has 0 heterocycles. The maximum Gasteiger partial charge on any atom is 0.300 e. The maximum atomic E-state index is 9.40. The maximum absolute atomic E-state index is 9.40. The molecule has 0 aromatic rings. The van der Waals surface area contributed by atoms with Crippen LogP contribution in [0.15, 0.2) is 0 Å². The van der Waals surface area contributed by atoms with Crippen molar-refractivity contribution in [3.63, 3.8) is 0 Å². The normalized spacial score (nSPS) is 8.38. The second-order valence-electron chi connectivity index (χ2n) is 1.67. The monoisotopic (exact) mass is 252 g/mol. The van der Waals surface area contributed by atoms with Crippen LogP contribution in [0.5, 0.6) is 0 Å². The van der Waals surface area contributed by atoms with Crippen molar-refractivity contribution >= 4 is 42.5 Å². The van der Waals surface area contributed by atoms with E-state index in [0.717, 1.165) is 13.2 Å². The fourth-order valence-electron chi connectivity index (χ4n) is 0. The molecule has 8 heteroatoms. The number of aliphatic carboxylic acids is 1. The fraction of sp³-hybridized carbons (Fsp3) is 0.600. The van der Waals surface area contributed by atoms with Crippen molar-refractivity contribution in [2.75, 3.05) is 6.26 Å². The molecule has 0 amide bonds. The van der Waals surface area contributed by atoms with E-state index >= 15 is 0 Å². The number of hydrogen-bond donors (Lipinski definition) is 1. The fourth-order valence-corrected chi connectivity index (χ4v) is 0. The lowest BCUT2D eigenvalue weighted by atomic mass is 10.9. The molecule has 0 radical (unpaired) electrons. The Labute approximate surface area is 86.1 Å². The van der Waals surface area contributed by atoms with Gasteiger partial charge in [-0.3, -0.25) is 9.59 Å². The summed E-state index contributed by atoms with van der Waals surface area (Å²) in [5.41, 5.74) is 0. The van der Waals surface area contributed by atoms with Crippen LogP contribution in [0.4, 0.5) is 0 Å². The van der Waals surface area contributed by atoms with Crippen LogP contribution in [0.3, 0.4) is 0 Å². The minimum atomic E-state index is -3.19. The summed E-state index contributed by atoms with van der Waals surface area (Å²) in [5, 5.41) is 7.06. The Morgan fingerprint density at radius 1 is 1.23 bits per heavy atom. The summed E-state index contributed by atoms with van der Waals surface area (Å²) in [6.45, 7) is 2.38. The predicted octanol–water partition coefficient (Wildman–Crippen LogP) is 1.05. The van der Waals surface area contributed by atoms with Crippen molar-refractivity contribution in [2.45, 2.75) is 13.8 Å². The van der Waals surface area contributed by atoms with Gasteiger partial charge in [0.1, 0.15) is 0 Å². The average Bonchev–Trinajstić information content (AvgIpc) is 1.50. The Bertz CT molecular complexity index is 218. The van der Waals surface area contributed by atoms with Crippen LogP contribution in [-0.4, -0.2) is 31.0 Å². The number of carbonyl (C=O) groups excluding carboxylic acids is 1. The highest BCUT2D eigenvalue weighted by Crippen LogP contribution is 1.83. The molecule has 0 aromatic carbocycles. The number of carboxylic acid groups (broad SMARTS) is 1. The summed E-state index contributed by atoms with van der Waals surface area (Å²) < 4.78 is 18.8. The van der Waals surface area contributed by atoms with Crippen LogP contribution in [-0.2, 0) is 18.6 Å². The van der Waals surface area contributed by atoms with E-state index in [-0.39, 0.29) is 5.24 Å². The first-order valence-electron chi connectivity index (χ1n) is 2.72. The van der Waals surface area contributed by atoms with E-state index in [4.69, 9.17) is 9.90 Å². The first-order valence-corrected chi connectivity index (χ1v) is 5.81. The van der Waals surface area contributed by atoms with Crippen LogP contribution in [0.25, 0.3) is 0 Å². The van der Waals surface area contributed by atoms with Gasteiger partial charge >= 0.3 is 0 Å². The van der Waals surface area contributed by atoms with Crippen LogP contribution in [0, 0.1) is 0 Å². The van der Waals surface area contributed by atoms with Crippen molar-refractivity contribution < 1.29 is 23.1 Å². The van der Waals surface area contributed by atoms with Crippen molar-refractivity contribution in [1.82, 2.24) is 0 Å². The lowest BCUT2D eigenvalue weighted by Gasteiger charge is -1.65. The molecule has 0 fully saturated rings. The third kappa shape index (κ3) is 10000. The first kappa shape index (κ1) is 18.5. The Morgan fingerprint density at radius 2 is 1.23 bits per heavy atom. The number of halogens is 2. The predicted molar refractivity (Wildman–Crippen MR) is 50.5 cm³/mol. The zero-order valence-electron chi connectivity index (χ0n) is 7.24. The van der Waals surface area contributed by atoms with Crippen LogP contribution in [0.2, 0.25) is 0 Å². The lowest BCUT2D eigenvalue weighted by Crippen LogP contribution is -1.78. The highest BCUT2D eigenvalue weighted by atomic mass is 35.7. The Balaban J connectivity index is -0.000000117. The molecule has 13 heavy (non-hydrogen) atoms. The number of hydrogen-bond acceptors (Lipinski definition) is 4. The SMILES string of the molecule is CC(=O)Cl.CC(=O)O.CS(=O)(=O)Cl. The second kappa shape index (κ2) is 9.76. The van der Waals surface area contributed by atoms with Crippen LogP contribution in [0.1, 0.15) is 13.8 Å². The van der Waals surface area contributed by atoms with Crippen molar-refractivity contribution in [2.24, 2.45) is 0 Å². The molecule has 0 aliphatic carbocycles. The van der Waals surface area contributed by atoms with E-state index < -0.39 is 15.0 Å². The molecule has 5 nitrogen and oxygen atoms in total. The van der Waals surface area contributed by atoms with Crippen molar-refractivity contribution in [3.05, 3.63) is 0 Å². The van der Waals surface area contributed by atoms with E-state index in [0.29, 0.717) is 0 Å². The van der Waals surface area contributed by atoms with Gasteiger partial charge in [0.05, 0.1) is 6.26 Å². The molecular formula is C5H10Cl2O5S. The Hall–Kier alpha value is -0.330. The number of carboxylic acids is 1. The van der Waals surface area contributed by atoms with Gasteiger partial charge in [0.15, 0.2) is 0 Å². The van der Waals surface area contributed by atoms with Gasteiger partial charge in [-0.25, -0.2) is 8.42 Å². The van der Waals surface area contributed by atoms with E-state index in [1.54, 1.807) is 0 Å². The summed E-state index contributed by atoms with van der Waals surface area (Å²) in [6.07, 6.45) is 0.925. The van der Waals surface area contributed by atoms with Crippen molar-refractivity contribution in [1.29, 1.82) is 0 Å².